The van der Waals surface area contributed by atoms with Crippen LogP contribution in [0.3, 0.4) is 0 Å². The summed E-state index contributed by atoms with van der Waals surface area (Å²) in [7, 11) is 0. The number of benzene rings is 1. The molecule has 0 bridgehead atoms. The van der Waals surface area contributed by atoms with Crippen LogP contribution < -0.4 is 0 Å². The van der Waals surface area contributed by atoms with E-state index in [1.807, 2.05) is 12.1 Å². The second-order valence-corrected chi connectivity index (χ2v) is 4.90. The molecule has 1 fully saturated rings. The molecule has 2 rings (SSSR count). The lowest BCUT2D eigenvalue weighted by Crippen LogP contribution is -2.23. The van der Waals surface area contributed by atoms with Crippen LogP contribution in [-0.2, 0) is 10.2 Å². The van der Waals surface area contributed by atoms with Crippen LogP contribution in [0.15, 0.2) is 28.7 Å². The Morgan fingerprint density at radius 1 is 1.14 bits per heavy atom. The van der Waals surface area contributed by atoms with Gasteiger partial charge in [-0.05, 0) is 30.5 Å². The predicted molar refractivity (Wildman–Crippen MR) is 60.4 cm³/mol. The molecule has 1 nitrogen and oxygen atoms in total. The number of rotatable bonds is 2. The normalized spacial score (nSPS) is 19.5. The molecule has 0 aromatic heterocycles. The van der Waals surface area contributed by atoms with E-state index in [1.54, 1.807) is 0 Å². The molecule has 0 unspecified atom stereocenters. The van der Waals surface area contributed by atoms with Crippen molar-refractivity contribution in [2.75, 3.05) is 0 Å². The third-order valence-corrected chi connectivity index (χ3v) is 3.67. The van der Waals surface area contributed by atoms with E-state index in [4.69, 9.17) is 0 Å². The summed E-state index contributed by atoms with van der Waals surface area (Å²) in [6, 6.07) is 8.14. The lowest BCUT2D eigenvalue weighted by Gasteiger charge is -2.22. The Kier molecular flexibility index (Phi) is 2.73. The summed E-state index contributed by atoms with van der Waals surface area (Å²) in [6.45, 7) is 0. The Bertz CT molecular complexity index is 323. The Morgan fingerprint density at radius 2 is 1.71 bits per heavy atom. The van der Waals surface area contributed by atoms with E-state index in [0.717, 1.165) is 23.6 Å². The number of hydrogen-bond acceptors (Lipinski definition) is 1. The number of carbonyl (C=O) groups is 1. The number of halogens is 1. The highest BCUT2D eigenvalue weighted by molar-refractivity contribution is 9.10. The monoisotopic (exact) mass is 252 g/mol. The van der Waals surface area contributed by atoms with Crippen molar-refractivity contribution < 1.29 is 4.79 Å². The van der Waals surface area contributed by atoms with Crippen molar-refractivity contribution in [3.8, 4) is 0 Å². The first-order valence-corrected chi connectivity index (χ1v) is 5.78. The minimum absolute atomic E-state index is 0.180. The Labute approximate surface area is 92.6 Å². The van der Waals surface area contributed by atoms with Crippen molar-refractivity contribution in [3.63, 3.8) is 0 Å². The SMILES string of the molecule is O=CC1(c2ccc(Br)cc2)CCCC1. The summed E-state index contributed by atoms with van der Waals surface area (Å²) in [5, 5.41) is 0. The molecule has 74 valence electrons. The minimum atomic E-state index is -0.180. The van der Waals surface area contributed by atoms with E-state index in [2.05, 4.69) is 28.1 Å². The average Bonchev–Trinajstić information content (AvgIpc) is 2.68. The molecule has 1 saturated carbocycles. The summed E-state index contributed by atoms with van der Waals surface area (Å²) in [5.74, 6) is 0. The van der Waals surface area contributed by atoms with Crippen LogP contribution in [0.25, 0.3) is 0 Å². The molecule has 0 amide bonds. The molecule has 1 aromatic rings. The summed E-state index contributed by atoms with van der Waals surface area (Å²) in [5.41, 5.74) is 0.994. The van der Waals surface area contributed by atoms with Gasteiger partial charge in [-0.15, -0.1) is 0 Å². The van der Waals surface area contributed by atoms with Crippen LogP contribution in [0.5, 0.6) is 0 Å². The second-order valence-electron chi connectivity index (χ2n) is 3.99. The molecule has 0 aliphatic heterocycles. The molecule has 0 atom stereocenters. The molecule has 0 saturated heterocycles. The molecule has 0 N–H and O–H groups in total. The van der Waals surface area contributed by atoms with Gasteiger partial charge in [0.2, 0.25) is 0 Å². The van der Waals surface area contributed by atoms with Crippen LogP contribution in [-0.4, -0.2) is 6.29 Å². The van der Waals surface area contributed by atoms with Crippen molar-refractivity contribution in [1.82, 2.24) is 0 Å². The third-order valence-electron chi connectivity index (χ3n) is 3.14. The molecule has 1 aromatic carbocycles. The predicted octanol–water partition coefficient (Wildman–Crippen LogP) is 3.46. The first-order valence-electron chi connectivity index (χ1n) is 4.99. The molecule has 2 heteroatoms. The second kappa shape index (κ2) is 3.85. The highest BCUT2D eigenvalue weighted by Crippen LogP contribution is 2.39. The fourth-order valence-corrected chi connectivity index (χ4v) is 2.53. The maximum Gasteiger partial charge on any atom is 0.130 e. The average molecular weight is 253 g/mol. The Hall–Kier alpha value is -0.630. The van der Waals surface area contributed by atoms with E-state index in [9.17, 15) is 4.79 Å². The molecule has 1 aliphatic rings. The van der Waals surface area contributed by atoms with Gasteiger partial charge in [0.1, 0.15) is 6.29 Å². The van der Waals surface area contributed by atoms with Gasteiger partial charge >= 0.3 is 0 Å². The minimum Gasteiger partial charge on any atom is -0.302 e. The van der Waals surface area contributed by atoms with Gasteiger partial charge in [-0.1, -0.05) is 40.9 Å². The van der Waals surface area contributed by atoms with Crippen LogP contribution in [0.2, 0.25) is 0 Å². The van der Waals surface area contributed by atoms with Crippen molar-refractivity contribution in [1.29, 1.82) is 0 Å². The van der Waals surface area contributed by atoms with Crippen LogP contribution in [0.1, 0.15) is 31.2 Å². The molecule has 14 heavy (non-hydrogen) atoms. The zero-order valence-electron chi connectivity index (χ0n) is 8.00. The standard InChI is InChI=1S/C12H13BrO/c13-11-5-3-10(4-6-11)12(9-14)7-1-2-8-12/h3-6,9H,1-2,7-8H2. The van der Waals surface area contributed by atoms with Crippen LogP contribution >= 0.6 is 15.9 Å². The van der Waals surface area contributed by atoms with Gasteiger partial charge in [-0.25, -0.2) is 0 Å². The maximum absolute atomic E-state index is 11.2. The van der Waals surface area contributed by atoms with Crippen LogP contribution in [0.4, 0.5) is 0 Å². The fraction of sp³-hybridized carbons (Fsp3) is 0.417. The zero-order chi connectivity index (χ0) is 10.0. The highest BCUT2D eigenvalue weighted by atomic mass is 79.9. The number of aldehydes is 1. The Balaban J connectivity index is 2.36. The third kappa shape index (κ3) is 1.63. The smallest absolute Gasteiger partial charge is 0.130 e. The quantitative estimate of drug-likeness (QED) is 0.737. The zero-order valence-corrected chi connectivity index (χ0v) is 9.59. The highest BCUT2D eigenvalue weighted by Gasteiger charge is 2.34. The van der Waals surface area contributed by atoms with Gasteiger partial charge in [-0.2, -0.15) is 0 Å². The van der Waals surface area contributed by atoms with Crippen LogP contribution in [0, 0.1) is 0 Å². The molecular weight excluding hydrogens is 240 g/mol. The van der Waals surface area contributed by atoms with Gasteiger partial charge in [0, 0.05) is 4.47 Å². The first-order chi connectivity index (χ1) is 6.77. The lowest BCUT2D eigenvalue weighted by molar-refractivity contribution is -0.112. The summed E-state index contributed by atoms with van der Waals surface area (Å²) in [6.07, 6.45) is 5.52. The molecular formula is C12H13BrO. The molecule has 0 radical (unpaired) electrons. The van der Waals surface area contributed by atoms with Gasteiger partial charge in [-0.3, -0.25) is 0 Å². The molecule has 0 heterocycles. The van der Waals surface area contributed by atoms with Gasteiger partial charge in [0.25, 0.3) is 0 Å². The topological polar surface area (TPSA) is 17.1 Å². The van der Waals surface area contributed by atoms with E-state index in [1.165, 1.54) is 18.4 Å². The van der Waals surface area contributed by atoms with Gasteiger partial charge in [0.15, 0.2) is 0 Å². The van der Waals surface area contributed by atoms with Crippen molar-refractivity contribution in [2.45, 2.75) is 31.1 Å². The van der Waals surface area contributed by atoms with Gasteiger partial charge in [0.05, 0.1) is 5.41 Å². The van der Waals surface area contributed by atoms with E-state index >= 15 is 0 Å². The maximum atomic E-state index is 11.2. The number of hydrogen-bond donors (Lipinski definition) is 0. The van der Waals surface area contributed by atoms with E-state index in [-0.39, 0.29) is 5.41 Å². The number of carbonyl (C=O) groups excluding carboxylic acids is 1. The molecule has 1 aliphatic carbocycles. The molecule has 0 spiro atoms. The summed E-state index contributed by atoms with van der Waals surface area (Å²) >= 11 is 3.41. The first kappa shape index (κ1) is 9.91. The fourth-order valence-electron chi connectivity index (χ4n) is 2.26. The van der Waals surface area contributed by atoms with E-state index in [0.29, 0.717) is 0 Å². The summed E-state index contributed by atoms with van der Waals surface area (Å²) < 4.78 is 1.07. The largest absolute Gasteiger partial charge is 0.302 e. The van der Waals surface area contributed by atoms with Crippen molar-refractivity contribution in [2.24, 2.45) is 0 Å². The lowest BCUT2D eigenvalue weighted by atomic mass is 9.80. The van der Waals surface area contributed by atoms with E-state index < -0.39 is 0 Å². The Morgan fingerprint density at radius 3 is 2.21 bits per heavy atom. The van der Waals surface area contributed by atoms with Gasteiger partial charge < -0.3 is 4.79 Å². The summed E-state index contributed by atoms with van der Waals surface area (Å²) in [4.78, 5) is 11.2. The van der Waals surface area contributed by atoms with Crippen molar-refractivity contribution >= 4 is 22.2 Å². The van der Waals surface area contributed by atoms with Crippen molar-refractivity contribution in [3.05, 3.63) is 34.3 Å².